The highest BCUT2D eigenvalue weighted by molar-refractivity contribution is 7.26. The summed E-state index contributed by atoms with van der Waals surface area (Å²) in [6, 6.07) is 88.5. The van der Waals surface area contributed by atoms with Crippen molar-refractivity contribution in [3.05, 3.63) is 243 Å². The second kappa shape index (κ2) is 15.5. The minimum Gasteiger partial charge on any atom is -0.310 e. The van der Waals surface area contributed by atoms with Gasteiger partial charge in [0.1, 0.15) is 0 Å². The summed E-state index contributed by atoms with van der Waals surface area (Å²) in [6.45, 7) is 0. The first-order valence-corrected chi connectivity index (χ1v) is 22.3. The Labute approximate surface area is 370 Å². The molecule has 0 aliphatic rings. The lowest BCUT2D eigenvalue weighted by atomic mass is 9.87. The molecule has 2 heterocycles. The summed E-state index contributed by atoms with van der Waals surface area (Å²) in [7, 11) is 0. The van der Waals surface area contributed by atoms with E-state index in [9.17, 15) is 0 Å². The van der Waals surface area contributed by atoms with Crippen LogP contribution in [-0.4, -0.2) is 4.57 Å². The Morgan fingerprint density at radius 1 is 0.333 bits per heavy atom. The number of thiophene rings is 1. The van der Waals surface area contributed by atoms with Crippen molar-refractivity contribution in [1.29, 1.82) is 0 Å². The number of hydrogen-bond donors (Lipinski definition) is 0. The average molecular weight is 821 g/mol. The topological polar surface area (TPSA) is 8.17 Å². The monoisotopic (exact) mass is 820 g/mol. The Morgan fingerprint density at radius 2 is 0.889 bits per heavy atom. The number of nitrogens with zero attached hydrogens (tertiary/aromatic N) is 2. The molecule has 0 spiro atoms. The fraction of sp³-hybridized carbons (Fsp3) is 0. The van der Waals surface area contributed by atoms with Gasteiger partial charge < -0.3 is 9.47 Å². The van der Waals surface area contributed by atoms with Gasteiger partial charge >= 0.3 is 0 Å². The first kappa shape index (κ1) is 36.8. The van der Waals surface area contributed by atoms with Gasteiger partial charge in [0.15, 0.2) is 0 Å². The summed E-state index contributed by atoms with van der Waals surface area (Å²) in [4.78, 5) is 2.49. The minimum absolute atomic E-state index is 1.07. The average Bonchev–Trinajstić information content (AvgIpc) is 3.91. The molecule has 0 aliphatic heterocycles. The van der Waals surface area contributed by atoms with Crippen LogP contribution in [0.4, 0.5) is 17.1 Å². The van der Waals surface area contributed by atoms with E-state index in [1.54, 1.807) is 0 Å². The molecule has 0 saturated carbocycles. The molecule has 0 fully saturated rings. The Bertz CT molecular complexity index is 3620. The molecule has 296 valence electrons. The van der Waals surface area contributed by atoms with Crippen molar-refractivity contribution in [3.63, 3.8) is 0 Å². The lowest BCUT2D eigenvalue weighted by Gasteiger charge is -2.30. The van der Waals surface area contributed by atoms with Gasteiger partial charge in [0.05, 0.1) is 16.7 Å². The van der Waals surface area contributed by atoms with Crippen LogP contribution in [0, 0.1) is 0 Å². The third kappa shape index (κ3) is 6.33. The predicted octanol–water partition coefficient (Wildman–Crippen LogP) is 17.3. The second-order valence-corrected chi connectivity index (χ2v) is 17.1. The van der Waals surface area contributed by atoms with E-state index in [1.165, 1.54) is 81.0 Å². The fourth-order valence-electron chi connectivity index (χ4n) is 9.61. The summed E-state index contributed by atoms with van der Waals surface area (Å²) in [6.07, 6.45) is 0. The van der Waals surface area contributed by atoms with E-state index in [1.807, 2.05) is 11.3 Å². The molecule has 0 amide bonds. The van der Waals surface area contributed by atoms with Crippen molar-refractivity contribution < 1.29 is 0 Å². The van der Waals surface area contributed by atoms with Gasteiger partial charge in [0.25, 0.3) is 0 Å². The highest BCUT2D eigenvalue weighted by atomic mass is 32.1. The molecule has 0 unspecified atom stereocenters. The smallest absolute Gasteiger partial charge is 0.0561 e. The summed E-state index contributed by atoms with van der Waals surface area (Å²) >= 11 is 1.88. The van der Waals surface area contributed by atoms with Crippen molar-refractivity contribution >= 4 is 70.4 Å². The molecule has 0 saturated heterocycles. The molecule has 0 radical (unpaired) electrons. The van der Waals surface area contributed by atoms with Crippen LogP contribution in [0.25, 0.3) is 92.2 Å². The van der Waals surface area contributed by atoms with Gasteiger partial charge in [-0.15, -0.1) is 11.3 Å². The number of para-hydroxylation sites is 2. The van der Waals surface area contributed by atoms with E-state index < -0.39 is 0 Å². The summed E-state index contributed by atoms with van der Waals surface area (Å²) in [5, 5.41) is 5.05. The standard InChI is InChI=1S/C60H40N2S/c1-4-19-41(20-5-1)47-27-10-11-30-53(47)59-48(42-21-6-2-7-22-42)31-18-35-56(59)61(45-26-16-23-43(39-45)49-32-17-33-54-52-29-13-15-36-58(52)63-60(49)54)46-37-38-51-50-28-12-14-34-55(50)62(57(51)40-46)44-24-8-3-9-25-44/h1-40H. The lowest BCUT2D eigenvalue weighted by Crippen LogP contribution is -2.12. The van der Waals surface area contributed by atoms with Crippen LogP contribution in [0.3, 0.4) is 0 Å². The number of aromatic nitrogens is 1. The van der Waals surface area contributed by atoms with Gasteiger partial charge in [0.2, 0.25) is 0 Å². The normalized spacial score (nSPS) is 11.5. The Hall–Kier alpha value is -7.98. The van der Waals surface area contributed by atoms with E-state index in [0.29, 0.717) is 0 Å². The zero-order valence-corrected chi connectivity index (χ0v) is 35.2. The Balaban J connectivity index is 1.16. The number of rotatable bonds is 8. The van der Waals surface area contributed by atoms with Crippen LogP contribution in [0.2, 0.25) is 0 Å². The van der Waals surface area contributed by atoms with Crippen LogP contribution in [0.1, 0.15) is 0 Å². The molecule has 12 rings (SSSR count). The zero-order chi connectivity index (χ0) is 41.7. The lowest BCUT2D eigenvalue weighted by molar-refractivity contribution is 1.18. The summed E-state index contributed by atoms with van der Waals surface area (Å²) in [5.41, 5.74) is 16.2. The molecule has 0 N–H and O–H groups in total. The van der Waals surface area contributed by atoms with Crippen molar-refractivity contribution in [2.45, 2.75) is 0 Å². The SMILES string of the molecule is c1ccc(-c2ccccc2-c2c(-c3ccccc3)cccc2N(c2cccc(-c3cccc4c3sc3ccccc34)c2)c2ccc3c4ccccc4n(-c4ccccc4)c3c2)cc1. The number of benzene rings is 10. The number of fused-ring (bicyclic) bond motifs is 6. The molecule has 0 atom stereocenters. The molecular weight excluding hydrogens is 781 g/mol. The van der Waals surface area contributed by atoms with Crippen molar-refractivity contribution in [2.24, 2.45) is 0 Å². The molecule has 12 aromatic rings. The van der Waals surface area contributed by atoms with Crippen LogP contribution in [-0.2, 0) is 0 Å². The van der Waals surface area contributed by atoms with Crippen molar-refractivity contribution in [1.82, 2.24) is 4.57 Å². The molecule has 0 bridgehead atoms. The first-order chi connectivity index (χ1) is 31.3. The maximum atomic E-state index is 2.49. The molecule has 0 aliphatic carbocycles. The van der Waals surface area contributed by atoms with Gasteiger partial charge in [-0.2, -0.15) is 0 Å². The molecule has 2 nitrogen and oxygen atoms in total. The van der Waals surface area contributed by atoms with E-state index >= 15 is 0 Å². The largest absolute Gasteiger partial charge is 0.310 e. The van der Waals surface area contributed by atoms with E-state index in [-0.39, 0.29) is 0 Å². The third-order valence-electron chi connectivity index (χ3n) is 12.4. The second-order valence-electron chi connectivity index (χ2n) is 16.0. The van der Waals surface area contributed by atoms with E-state index in [4.69, 9.17) is 0 Å². The third-order valence-corrected chi connectivity index (χ3v) is 13.6. The van der Waals surface area contributed by atoms with E-state index in [2.05, 4.69) is 252 Å². The molecule has 63 heavy (non-hydrogen) atoms. The van der Waals surface area contributed by atoms with Crippen LogP contribution in [0.5, 0.6) is 0 Å². The zero-order valence-electron chi connectivity index (χ0n) is 34.4. The van der Waals surface area contributed by atoms with Crippen LogP contribution >= 0.6 is 11.3 Å². The summed E-state index contributed by atoms with van der Waals surface area (Å²) in [5.74, 6) is 0. The maximum Gasteiger partial charge on any atom is 0.0561 e. The summed E-state index contributed by atoms with van der Waals surface area (Å²) < 4.78 is 5.02. The van der Waals surface area contributed by atoms with Gasteiger partial charge in [-0.25, -0.2) is 0 Å². The van der Waals surface area contributed by atoms with Crippen molar-refractivity contribution in [2.75, 3.05) is 4.90 Å². The highest BCUT2D eigenvalue weighted by Crippen LogP contribution is 2.50. The molecule has 10 aromatic carbocycles. The van der Waals surface area contributed by atoms with E-state index in [0.717, 1.165) is 28.3 Å². The van der Waals surface area contributed by atoms with Crippen LogP contribution in [0.15, 0.2) is 243 Å². The van der Waals surface area contributed by atoms with Gasteiger partial charge in [-0.1, -0.05) is 188 Å². The maximum absolute atomic E-state index is 2.49. The fourth-order valence-corrected chi connectivity index (χ4v) is 10.8. The number of hydrogen-bond acceptors (Lipinski definition) is 2. The quantitative estimate of drug-likeness (QED) is 0.148. The van der Waals surface area contributed by atoms with Gasteiger partial charge in [-0.05, 0) is 93.5 Å². The molecular formula is C60H40N2S. The molecule has 2 aromatic heterocycles. The van der Waals surface area contributed by atoms with Crippen LogP contribution < -0.4 is 4.90 Å². The van der Waals surface area contributed by atoms with Gasteiger partial charge in [-0.3, -0.25) is 0 Å². The Kier molecular flexibility index (Phi) is 9.06. The number of anilines is 3. The predicted molar refractivity (Wildman–Crippen MR) is 270 cm³/mol. The molecule has 3 heteroatoms. The first-order valence-electron chi connectivity index (χ1n) is 21.5. The van der Waals surface area contributed by atoms with Crippen molar-refractivity contribution in [3.8, 4) is 50.2 Å². The van der Waals surface area contributed by atoms with Gasteiger partial charge in [0, 0.05) is 53.6 Å². The minimum atomic E-state index is 1.07. The Morgan fingerprint density at radius 3 is 1.70 bits per heavy atom. The highest BCUT2D eigenvalue weighted by Gasteiger charge is 2.24.